The van der Waals surface area contributed by atoms with Crippen molar-refractivity contribution in [3.05, 3.63) is 0 Å². The predicted molar refractivity (Wildman–Crippen MR) is 70.7 cm³/mol. The van der Waals surface area contributed by atoms with Gasteiger partial charge in [0.2, 0.25) is 5.91 Å². The van der Waals surface area contributed by atoms with E-state index in [-0.39, 0.29) is 0 Å². The van der Waals surface area contributed by atoms with Gasteiger partial charge >= 0.3 is 0 Å². The second kappa shape index (κ2) is 9.45. The van der Waals surface area contributed by atoms with Gasteiger partial charge in [-0.3, -0.25) is 4.79 Å². The molecule has 0 radical (unpaired) electrons. The van der Waals surface area contributed by atoms with Gasteiger partial charge in [0.05, 0.1) is 0 Å². The lowest BCUT2D eigenvalue weighted by Crippen LogP contribution is -2.30. The summed E-state index contributed by atoms with van der Waals surface area (Å²) in [6.45, 7) is 2.78. The molecule has 0 aromatic heterocycles. The molecule has 0 rings (SSSR count). The number of amides is 1. The van der Waals surface area contributed by atoms with Crippen LogP contribution in [0.3, 0.4) is 0 Å². The Balaban J connectivity index is 3.31. The molecule has 0 fully saturated rings. The molecule has 0 aliphatic carbocycles. The van der Waals surface area contributed by atoms with Gasteiger partial charge in [0.15, 0.2) is 9.84 Å². The molecule has 0 saturated carbocycles. The van der Waals surface area contributed by atoms with Crippen LogP contribution in [-0.4, -0.2) is 32.9 Å². The first-order valence-electron chi connectivity index (χ1n) is 6.40. The van der Waals surface area contributed by atoms with Crippen LogP contribution < -0.4 is 5.32 Å². The van der Waals surface area contributed by atoms with Crippen molar-refractivity contribution in [2.24, 2.45) is 0 Å². The largest absolute Gasteiger partial charge is 0.355 e. The Hall–Kier alpha value is -0.580. The Labute approximate surface area is 105 Å². The first kappa shape index (κ1) is 16.4. The van der Waals surface area contributed by atoms with Gasteiger partial charge in [0, 0.05) is 12.8 Å². The molecule has 0 aliphatic rings. The summed E-state index contributed by atoms with van der Waals surface area (Å²) in [6, 6.07) is 0. The number of hydrogen-bond donors (Lipinski definition) is 1. The van der Waals surface area contributed by atoms with Crippen molar-refractivity contribution in [2.75, 3.05) is 18.6 Å². The summed E-state index contributed by atoms with van der Waals surface area (Å²) in [7, 11) is -3.19. The van der Waals surface area contributed by atoms with Gasteiger partial charge in [-0.25, -0.2) is 8.42 Å². The maximum absolute atomic E-state index is 11.1. The molecule has 0 aromatic carbocycles. The molecular weight excluding hydrogens is 238 g/mol. The van der Waals surface area contributed by atoms with E-state index in [0.29, 0.717) is 6.54 Å². The van der Waals surface area contributed by atoms with Crippen molar-refractivity contribution < 1.29 is 13.2 Å². The minimum Gasteiger partial charge on any atom is -0.355 e. The highest BCUT2D eigenvalue weighted by Gasteiger charge is 2.09. The van der Waals surface area contributed by atoms with Gasteiger partial charge < -0.3 is 5.32 Å². The maximum atomic E-state index is 11.1. The molecule has 102 valence electrons. The molecule has 1 amide bonds. The Morgan fingerprint density at radius 1 is 1.00 bits per heavy atom. The molecule has 4 nitrogen and oxygen atoms in total. The van der Waals surface area contributed by atoms with E-state index >= 15 is 0 Å². The number of carbonyl (C=O) groups excluding carboxylic acids is 1. The van der Waals surface area contributed by atoms with Crippen molar-refractivity contribution in [3.8, 4) is 0 Å². The number of sulfone groups is 1. The van der Waals surface area contributed by atoms with Crippen LogP contribution in [0.5, 0.6) is 0 Å². The minimum atomic E-state index is -3.19. The van der Waals surface area contributed by atoms with Gasteiger partial charge in [-0.05, 0) is 6.42 Å². The van der Waals surface area contributed by atoms with Crippen molar-refractivity contribution in [1.29, 1.82) is 0 Å². The summed E-state index contributed by atoms with van der Waals surface area (Å²) in [5.74, 6) is -0.790. The maximum Gasteiger partial charge on any atom is 0.235 e. The monoisotopic (exact) mass is 263 g/mol. The molecule has 0 spiro atoms. The molecular formula is C12H25NO3S. The van der Waals surface area contributed by atoms with Gasteiger partial charge in [-0.15, -0.1) is 0 Å². The topological polar surface area (TPSA) is 63.2 Å². The highest BCUT2D eigenvalue weighted by molar-refractivity contribution is 7.91. The van der Waals surface area contributed by atoms with Crippen LogP contribution in [0.15, 0.2) is 0 Å². The van der Waals surface area contributed by atoms with Gasteiger partial charge in [-0.1, -0.05) is 45.4 Å². The first-order chi connectivity index (χ1) is 7.95. The average molecular weight is 263 g/mol. The summed E-state index contributed by atoms with van der Waals surface area (Å²) in [4.78, 5) is 11.1. The van der Waals surface area contributed by atoms with Gasteiger partial charge in [0.25, 0.3) is 0 Å². The summed E-state index contributed by atoms with van der Waals surface area (Å²) in [6.07, 6.45) is 9.39. The lowest BCUT2D eigenvalue weighted by atomic mass is 10.1. The second-order valence-electron chi connectivity index (χ2n) is 4.54. The summed E-state index contributed by atoms with van der Waals surface area (Å²) < 4.78 is 21.6. The third-order valence-electron chi connectivity index (χ3n) is 2.50. The zero-order chi connectivity index (χ0) is 13.1. The van der Waals surface area contributed by atoms with Crippen molar-refractivity contribution in [3.63, 3.8) is 0 Å². The number of hydrogen-bond acceptors (Lipinski definition) is 3. The van der Waals surface area contributed by atoms with Gasteiger partial charge in [-0.2, -0.15) is 0 Å². The van der Waals surface area contributed by atoms with Gasteiger partial charge in [0.1, 0.15) is 5.75 Å². The average Bonchev–Trinajstić information content (AvgIpc) is 2.19. The Morgan fingerprint density at radius 3 is 2.06 bits per heavy atom. The second-order valence-corrected chi connectivity index (χ2v) is 6.68. The summed E-state index contributed by atoms with van der Waals surface area (Å²) in [5, 5.41) is 2.62. The van der Waals surface area contributed by atoms with Crippen LogP contribution in [0.25, 0.3) is 0 Å². The molecule has 0 aromatic rings. The molecule has 0 unspecified atom stereocenters. The standard InChI is InChI=1S/C12H25NO3S/c1-3-4-5-6-7-8-9-10-13-12(14)11-17(2,15)16/h3-11H2,1-2H3,(H,13,14). The third kappa shape index (κ3) is 13.4. The zero-order valence-electron chi connectivity index (χ0n) is 11.0. The molecule has 0 aliphatic heterocycles. The Bertz CT molecular complexity index is 299. The number of nitrogens with one attached hydrogen (secondary N) is 1. The van der Waals surface area contributed by atoms with E-state index in [9.17, 15) is 13.2 Å². The predicted octanol–water partition coefficient (Wildman–Crippen LogP) is 1.90. The minimum absolute atomic E-state index is 0.390. The summed E-state index contributed by atoms with van der Waals surface area (Å²) in [5.41, 5.74) is 0. The quantitative estimate of drug-likeness (QED) is 0.612. The number of carbonyl (C=O) groups is 1. The highest BCUT2D eigenvalue weighted by Crippen LogP contribution is 2.06. The molecule has 0 bridgehead atoms. The SMILES string of the molecule is CCCCCCCCCNC(=O)CS(C)(=O)=O. The van der Waals surface area contributed by atoms with Crippen LogP contribution in [0.4, 0.5) is 0 Å². The fraction of sp³-hybridized carbons (Fsp3) is 0.917. The normalized spacial score (nSPS) is 11.4. The first-order valence-corrected chi connectivity index (χ1v) is 8.46. The molecule has 0 atom stereocenters. The van der Waals surface area contributed by atoms with Crippen molar-refractivity contribution in [2.45, 2.75) is 51.9 Å². The molecule has 5 heteroatoms. The summed E-state index contributed by atoms with van der Waals surface area (Å²) >= 11 is 0. The third-order valence-corrected chi connectivity index (χ3v) is 3.28. The van der Waals surface area contributed by atoms with E-state index in [1.54, 1.807) is 0 Å². The molecule has 0 saturated heterocycles. The number of unbranched alkanes of at least 4 members (excludes halogenated alkanes) is 6. The van der Waals surface area contributed by atoms with Crippen molar-refractivity contribution >= 4 is 15.7 Å². The lowest BCUT2D eigenvalue weighted by molar-refractivity contribution is -0.118. The van der Waals surface area contributed by atoms with E-state index < -0.39 is 21.5 Å². The zero-order valence-corrected chi connectivity index (χ0v) is 11.8. The van der Waals surface area contributed by atoms with E-state index in [1.807, 2.05) is 0 Å². The molecule has 0 heterocycles. The van der Waals surface area contributed by atoms with Crippen LogP contribution >= 0.6 is 0 Å². The van der Waals surface area contributed by atoms with Crippen LogP contribution in [-0.2, 0) is 14.6 Å². The molecule has 17 heavy (non-hydrogen) atoms. The van der Waals surface area contributed by atoms with E-state index in [1.165, 1.54) is 32.1 Å². The fourth-order valence-electron chi connectivity index (χ4n) is 1.60. The van der Waals surface area contributed by atoms with E-state index in [0.717, 1.165) is 19.1 Å². The van der Waals surface area contributed by atoms with Crippen LogP contribution in [0, 0.1) is 0 Å². The van der Waals surface area contributed by atoms with Crippen LogP contribution in [0.2, 0.25) is 0 Å². The smallest absolute Gasteiger partial charge is 0.235 e. The lowest BCUT2D eigenvalue weighted by Gasteiger charge is -2.04. The highest BCUT2D eigenvalue weighted by atomic mass is 32.2. The van der Waals surface area contributed by atoms with E-state index in [2.05, 4.69) is 12.2 Å². The number of rotatable bonds is 10. The fourth-order valence-corrected chi connectivity index (χ4v) is 2.18. The van der Waals surface area contributed by atoms with Crippen LogP contribution in [0.1, 0.15) is 51.9 Å². The molecule has 1 N–H and O–H groups in total. The van der Waals surface area contributed by atoms with Crippen molar-refractivity contribution in [1.82, 2.24) is 5.32 Å². The Kier molecular flexibility index (Phi) is 9.13. The Morgan fingerprint density at radius 2 is 1.53 bits per heavy atom. The van der Waals surface area contributed by atoms with E-state index in [4.69, 9.17) is 0 Å².